The topological polar surface area (TPSA) is 66.5 Å². The lowest BCUT2D eigenvalue weighted by Crippen LogP contribution is -2.55. The van der Waals surface area contributed by atoms with Crippen molar-refractivity contribution in [2.45, 2.75) is 52.1 Å². The first-order chi connectivity index (χ1) is 13.4. The number of carbonyl (C=O) groups is 1. The molecule has 0 heterocycles. The maximum absolute atomic E-state index is 13.2. The fourth-order valence-electron chi connectivity index (χ4n) is 3.42. The van der Waals surface area contributed by atoms with Crippen molar-refractivity contribution < 1.29 is 13.2 Å². The number of amides is 1. The molecule has 0 spiro atoms. The second-order valence-corrected chi connectivity index (χ2v) is 10.2. The number of carbonyl (C=O) groups excluding carboxylic acids is 1. The molecule has 1 atom stereocenters. The second kappa shape index (κ2) is 9.18. The van der Waals surface area contributed by atoms with Crippen LogP contribution >= 0.6 is 11.6 Å². The molecule has 0 saturated carbocycles. The molecule has 1 amide bonds. The minimum atomic E-state index is -3.71. The maximum Gasteiger partial charge on any atom is 0.244 e. The van der Waals surface area contributed by atoms with Crippen molar-refractivity contribution in [3.8, 4) is 0 Å². The Hall–Kier alpha value is -2.05. The highest BCUT2D eigenvalue weighted by atomic mass is 35.5. The lowest BCUT2D eigenvalue weighted by atomic mass is 9.94. The van der Waals surface area contributed by atoms with E-state index in [1.54, 1.807) is 32.0 Å². The number of nitrogens with zero attached hydrogens (tertiary/aromatic N) is 1. The van der Waals surface area contributed by atoms with E-state index in [4.69, 9.17) is 11.6 Å². The SMILES string of the molecule is CCC(C(=O)NC(C)(C)Cc1ccccc1)N(c1cc(Cl)ccc1C)S(C)(=O)=O. The van der Waals surface area contributed by atoms with Gasteiger partial charge in [-0.25, -0.2) is 8.42 Å². The number of nitrogens with one attached hydrogen (secondary N) is 1. The second-order valence-electron chi connectivity index (χ2n) is 7.95. The number of hydrogen-bond acceptors (Lipinski definition) is 3. The lowest BCUT2D eigenvalue weighted by molar-refractivity contribution is -0.123. The van der Waals surface area contributed by atoms with E-state index in [0.29, 0.717) is 23.6 Å². The standard InChI is InChI=1S/C22H29ClN2O3S/c1-6-19(21(26)24-22(3,4)15-17-10-8-7-9-11-17)25(29(5,27)28)20-14-18(23)13-12-16(20)2/h7-14,19H,6,15H2,1-5H3,(H,24,26). The van der Waals surface area contributed by atoms with E-state index in [9.17, 15) is 13.2 Å². The van der Waals surface area contributed by atoms with E-state index in [1.165, 1.54) is 4.31 Å². The van der Waals surface area contributed by atoms with Gasteiger partial charge in [0.15, 0.2) is 0 Å². The van der Waals surface area contributed by atoms with E-state index in [-0.39, 0.29) is 5.91 Å². The number of sulfonamides is 1. The summed E-state index contributed by atoms with van der Waals surface area (Å²) in [5, 5.41) is 3.45. The molecule has 2 rings (SSSR count). The Labute approximate surface area is 179 Å². The van der Waals surface area contributed by atoms with Crippen molar-refractivity contribution in [1.29, 1.82) is 0 Å². The molecule has 0 aliphatic rings. The van der Waals surface area contributed by atoms with Crippen LogP contribution in [0.5, 0.6) is 0 Å². The fraction of sp³-hybridized carbons (Fsp3) is 0.409. The van der Waals surface area contributed by atoms with E-state index in [2.05, 4.69) is 5.32 Å². The van der Waals surface area contributed by atoms with Gasteiger partial charge in [0.2, 0.25) is 15.9 Å². The first-order valence-corrected chi connectivity index (χ1v) is 11.8. The molecule has 7 heteroatoms. The normalized spacial score (nSPS) is 13.0. The van der Waals surface area contributed by atoms with E-state index >= 15 is 0 Å². The minimum absolute atomic E-state index is 0.326. The zero-order valence-corrected chi connectivity index (χ0v) is 19.1. The Morgan fingerprint density at radius 2 is 1.79 bits per heavy atom. The number of anilines is 1. The number of benzene rings is 2. The molecule has 0 bridgehead atoms. The maximum atomic E-state index is 13.2. The van der Waals surface area contributed by atoms with Crippen molar-refractivity contribution >= 4 is 33.2 Å². The third kappa shape index (κ3) is 6.21. The highest BCUT2D eigenvalue weighted by Gasteiger charge is 2.34. The number of halogens is 1. The molecule has 1 unspecified atom stereocenters. The van der Waals surface area contributed by atoms with Crippen LogP contribution in [0, 0.1) is 6.92 Å². The van der Waals surface area contributed by atoms with Gasteiger partial charge in [0, 0.05) is 10.6 Å². The quantitative estimate of drug-likeness (QED) is 0.669. The smallest absolute Gasteiger partial charge is 0.244 e. The average Bonchev–Trinajstić information content (AvgIpc) is 2.60. The Morgan fingerprint density at radius 3 is 2.34 bits per heavy atom. The fourth-order valence-corrected chi connectivity index (χ4v) is 4.85. The van der Waals surface area contributed by atoms with Crippen LogP contribution in [0.1, 0.15) is 38.3 Å². The van der Waals surface area contributed by atoms with Crippen molar-refractivity contribution in [2.24, 2.45) is 0 Å². The summed E-state index contributed by atoms with van der Waals surface area (Å²) in [7, 11) is -3.71. The van der Waals surface area contributed by atoms with E-state index in [1.807, 2.05) is 44.2 Å². The van der Waals surface area contributed by atoms with Crippen LogP contribution in [0.15, 0.2) is 48.5 Å². The Morgan fingerprint density at radius 1 is 1.17 bits per heavy atom. The van der Waals surface area contributed by atoms with Gasteiger partial charge in [0.05, 0.1) is 11.9 Å². The van der Waals surface area contributed by atoms with E-state index in [0.717, 1.165) is 17.4 Å². The molecule has 5 nitrogen and oxygen atoms in total. The predicted molar refractivity (Wildman–Crippen MR) is 120 cm³/mol. The van der Waals surface area contributed by atoms with Gasteiger partial charge in [-0.3, -0.25) is 9.10 Å². The van der Waals surface area contributed by atoms with Crippen LogP contribution in [-0.4, -0.2) is 32.2 Å². The third-order valence-electron chi connectivity index (χ3n) is 4.69. The van der Waals surface area contributed by atoms with Gasteiger partial charge >= 0.3 is 0 Å². The monoisotopic (exact) mass is 436 g/mol. The van der Waals surface area contributed by atoms with Gasteiger partial charge in [-0.05, 0) is 56.9 Å². The molecule has 0 fully saturated rings. The van der Waals surface area contributed by atoms with Crippen molar-refractivity contribution in [2.75, 3.05) is 10.6 Å². The molecule has 2 aromatic carbocycles. The summed E-state index contributed by atoms with van der Waals surface area (Å²) in [6.07, 6.45) is 2.07. The molecule has 0 radical (unpaired) electrons. The van der Waals surface area contributed by atoms with Gasteiger partial charge < -0.3 is 5.32 Å². The summed E-state index contributed by atoms with van der Waals surface area (Å²) in [5.41, 5.74) is 1.70. The van der Waals surface area contributed by atoms with Gasteiger partial charge in [-0.2, -0.15) is 0 Å². The molecule has 1 N–H and O–H groups in total. The van der Waals surface area contributed by atoms with Gasteiger partial charge in [-0.1, -0.05) is 54.9 Å². The third-order valence-corrected chi connectivity index (χ3v) is 6.09. The summed E-state index contributed by atoms with van der Waals surface area (Å²) < 4.78 is 26.5. The van der Waals surface area contributed by atoms with E-state index < -0.39 is 21.6 Å². The summed E-state index contributed by atoms with van der Waals surface area (Å²) in [4.78, 5) is 13.2. The van der Waals surface area contributed by atoms with Crippen LogP contribution < -0.4 is 9.62 Å². The number of rotatable bonds is 8. The molecule has 0 aromatic heterocycles. The number of aryl methyl sites for hydroxylation is 1. The highest BCUT2D eigenvalue weighted by molar-refractivity contribution is 7.92. The van der Waals surface area contributed by atoms with Crippen LogP contribution in [0.4, 0.5) is 5.69 Å². The van der Waals surface area contributed by atoms with Crippen LogP contribution in [0.25, 0.3) is 0 Å². The molecule has 29 heavy (non-hydrogen) atoms. The number of hydrogen-bond donors (Lipinski definition) is 1. The Bertz CT molecular complexity index is 959. The van der Waals surface area contributed by atoms with Crippen molar-refractivity contribution in [3.63, 3.8) is 0 Å². The Balaban J connectivity index is 2.34. The van der Waals surface area contributed by atoms with Crippen LogP contribution in [0.3, 0.4) is 0 Å². The van der Waals surface area contributed by atoms with Gasteiger partial charge in [0.25, 0.3) is 0 Å². The van der Waals surface area contributed by atoms with Gasteiger partial charge in [0.1, 0.15) is 6.04 Å². The van der Waals surface area contributed by atoms with Crippen molar-refractivity contribution in [1.82, 2.24) is 5.32 Å². The van der Waals surface area contributed by atoms with Crippen molar-refractivity contribution in [3.05, 3.63) is 64.7 Å². The molecule has 0 aliphatic carbocycles. The Kier molecular flexibility index (Phi) is 7.35. The summed E-state index contributed by atoms with van der Waals surface area (Å²) in [6.45, 7) is 7.46. The van der Waals surface area contributed by atoms with Gasteiger partial charge in [-0.15, -0.1) is 0 Å². The lowest BCUT2D eigenvalue weighted by Gasteiger charge is -2.34. The summed E-state index contributed by atoms with van der Waals surface area (Å²) in [5.74, 6) is -0.335. The zero-order valence-electron chi connectivity index (χ0n) is 17.6. The van der Waals surface area contributed by atoms with Crippen LogP contribution in [0.2, 0.25) is 5.02 Å². The first-order valence-electron chi connectivity index (χ1n) is 9.56. The molecule has 0 saturated heterocycles. The molecular weight excluding hydrogens is 408 g/mol. The molecule has 0 aliphatic heterocycles. The highest BCUT2D eigenvalue weighted by Crippen LogP contribution is 2.29. The molecular formula is C22H29ClN2O3S. The molecule has 2 aromatic rings. The minimum Gasteiger partial charge on any atom is -0.349 e. The predicted octanol–water partition coefficient (Wildman–Crippen LogP) is 4.33. The first kappa shape index (κ1) is 23.2. The summed E-state index contributed by atoms with van der Waals surface area (Å²) in [6, 6.07) is 14.0. The largest absolute Gasteiger partial charge is 0.349 e. The zero-order chi connectivity index (χ0) is 21.8. The average molecular weight is 437 g/mol. The summed E-state index contributed by atoms with van der Waals surface area (Å²) >= 11 is 6.11. The molecule has 158 valence electrons. The van der Waals surface area contributed by atoms with Crippen LogP contribution in [-0.2, 0) is 21.2 Å².